The van der Waals surface area contributed by atoms with Gasteiger partial charge in [-0.15, -0.1) is 0 Å². The van der Waals surface area contributed by atoms with Crippen LogP contribution in [0, 0.1) is 5.41 Å². The van der Waals surface area contributed by atoms with Crippen LogP contribution in [-0.2, 0) is 11.3 Å². The zero-order chi connectivity index (χ0) is 14.5. The van der Waals surface area contributed by atoms with Crippen LogP contribution in [0.25, 0.3) is 0 Å². The Kier molecular flexibility index (Phi) is 6.11. The lowest BCUT2D eigenvalue weighted by molar-refractivity contribution is -0.149. The zero-order valence-corrected chi connectivity index (χ0v) is 12.7. The van der Waals surface area contributed by atoms with Crippen LogP contribution in [0.3, 0.4) is 0 Å². The smallest absolute Gasteiger partial charge is 0.310 e. The highest BCUT2D eigenvalue weighted by Gasteiger charge is 2.34. The van der Waals surface area contributed by atoms with Gasteiger partial charge in [0, 0.05) is 23.1 Å². The molecule has 0 amide bonds. The third kappa shape index (κ3) is 4.10. The van der Waals surface area contributed by atoms with Crippen molar-refractivity contribution in [3.05, 3.63) is 33.8 Å². The van der Waals surface area contributed by atoms with Crippen LogP contribution in [0.4, 0.5) is 0 Å². The molecule has 0 bridgehead atoms. The van der Waals surface area contributed by atoms with Gasteiger partial charge in [0.1, 0.15) is 0 Å². The standard InChI is InChI=1S/C14H19Cl2NO2/c1-3-14(4-2,13(18)19)9-17-8-10-7-11(15)5-6-12(10)16/h5-7,17H,3-4,8-9H2,1-2H3,(H,18,19). The molecule has 0 aliphatic carbocycles. The van der Waals surface area contributed by atoms with Crippen LogP contribution in [0.5, 0.6) is 0 Å². The Hall–Kier alpha value is -0.770. The molecule has 3 nitrogen and oxygen atoms in total. The number of hydrogen-bond donors (Lipinski definition) is 2. The van der Waals surface area contributed by atoms with Crippen LogP contribution >= 0.6 is 23.2 Å². The average molecular weight is 304 g/mol. The molecular weight excluding hydrogens is 285 g/mol. The number of carboxylic acids is 1. The Labute approximate surface area is 123 Å². The summed E-state index contributed by atoms with van der Waals surface area (Å²) in [5.74, 6) is -0.762. The predicted octanol–water partition coefficient (Wildman–Crippen LogP) is 3.97. The molecule has 0 spiro atoms. The summed E-state index contributed by atoms with van der Waals surface area (Å²) < 4.78 is 0. The second-order valence-corrected chi connectivity index (χ2v) is 5.48. The van der Waals surface area contributed by atoms with Gasteiger partial charge in [-0.05, 0) is 36.6 Å². The SMILES string of the molecule is CCC(CC)(CNCc1cc(Cl)ccc1Cl)C(=O)O. The van der Waals surface area contributed by atoms with Crippen molar-refractivity contribution in [1.29, 1.82) is 0 Å². The normalized spacial score (nSPS) is 11.6. The van der Waals surface area contributed by atoms with E-state index in [4.69, 9.17) is 23.2 Å². The second kappa shape index (κ2) is 7.13. The Morgan fingerprint density at radius 3 is 2.47 bits per heavy atom. The minimum atomic E-state index is -0.762. The van der Waals surface area contributed by atoms with E-state index >= 15 is 0 Å². The van der Waals surface area contributed by atoms with Crippen LogP contribution < -0.4 is 5.32 Å². The molecule has 0 saturated carbocycles. The lowest BCUT2D eigenvalue weighted by atomic mass is 9.82. The molecule has 0 aromatic heterocycles. The molecule has 19 heavy (non-hydrogen) atoms. The average Bonchev–Trinajstić information content (AvgIpc) is 2.38. The fourth-order valence-electron chi connectivity index (χ4n) is 1.99. The number of aliphatic carboxylic acids is 1. The van der Waals surface area contributed by atoms with E-state index in [1.54, 1.807) is 18.2 Å². The van der Waals surface area contributed by atoms with Crippen molar-refractivity contribution in [3.63, 3.8) is 0 Å². The first-order chi connectivity index (χ1) is 8.95. The van der Waals surface area contributed by atoms with Crippen LogP contribution in [-0.4, -0.2) is 17.6 Å². The summed E-state index contributed by atoms with van der Waals surface area (Å²) in [6.45, 7) is 4.71. The van der Waals surface area contributed by atoms with Crippen molar-refractivity contribution in [1.82, 2.24) is 5.32 Å². The minimum absolute atomic E-state index is 0.415. The number of halogens is 2. The monoisotopic (exact) mass is 303 g/mol. The van der Waals surface area contributed by atoms with Crippen molar-refractivity contribution >= 4 is 29.2 Å². The van der Waals surface area contributed by atoms with Gasteiger partial charge in [0.2, 0.25) is 0 Å². The molecule has 0 aliphatic rings. The first-order valence-electron chi connectivity index (χ1n) is 6.33. The Bertz CT molecular complexity index is 445. The number of carboxylic acid groups (broad SMARTS) is 1. The molecular formula is C14H19Cl2NO2. The largest absolute Gasteiger partial charge is 0.481 e. The molecule has 0 aliphatic heterocycles. The lowest BCUT2D eigenvalue weighted by Gasteiger charge is -2.27. The fraction of sp³-hybridized carbons (Fsp3) is 0.500. The molecule has 1 aromatic rings. The topological polar surface area (TPSA) is 49.3 Å². The molecule has 5 heteroatoms. The summed E-state index contributed by atoms with van der Waals surface area (Å²) in [6.07, 6.45) is 1.18. The van der Waals surface area contributed by atoms with E-state index in [-0.39, 0.29) is 0 Å². The molecule has 0 heterocycles. The Morgan fingerprint density at radius 2 is 1.95 bits per heavy atom. The van der Waals surface area contributed by atoms with Crippen LogP contribution in [0.1, 0.15) is 32.3 Å². The number of rotatable bonds is 7. The highest BCUT2D eigenvalue weighted by molar-refractivity contribution is 6.33. The molecule has 0 saturated heterocycles. The summed E-state index contributed by atoms with van der Waals surface area (Å²) in [5, 5.41) is 13.8. The number of hydrogen-bond acceptors (Lipinski definition) is 2. The molecule has 2 N–H and O–H groups in total. The van der Waals surface area contributed by atoms with E-state index in [0.29, 0.717) is 36.0 Å². The van der Waals surface area contributed by atoms with Crippen LogP contribution in [0.2, 0.25) is 10.0 Å². The summed E-state index contributed by atoms with van der Waals surface area (Å²) in [6, 6.07) is 5.26. The third-order valence-electron chi connectivity index (χ3n) is 3.59. The van der Waals surface area contributed by atoms with Gasteiger partial charge in [-0.25, -0.2) is 0 Å². The highest BCUT2D eigenvalue weighted by atomic mass is 35.5. The van der Waals surface area contributed by atoms with Crippen molar-refractivity contribution in [3.8, 4) is 0 Å². The van der Waals surface area contributed by atoms with Gasteiger partial charge in [0.15, 0.2) is 0 Å². The van der Waals surface area contributed by atoms with E-state index in [0.717, 1.165) is 5.56 Å². The van der Waals surface area contributed by atoms with Gasteiger partial charge in [0.05, 0.1) is 5.41 Å². The van der Waals surface area contributed by atoms with Crippen LogP contribution in [0.15, 0.2) is 18.2 Å². The lowest BCUT2D eigenvalue weighted by Crippen LogP contribution is -2.40. The minimum Gasteiger partial charge on any atom is -0.481 e. The van der Waals surface area contributed by atoms with Gasteiger partial charge in [0.25, 0.3) is 0 Å². The number of carbonyl (C=O) groups is 1. The molecule has 1 aromatic carbocycles. The zero-order valence-electron chi connectivity index (χ0n) is 11.2. The summed E-state index contributed by atoms with van der Waals surface area (Å²) in [5.41, 5.74) is 0.158. The highest BCUT2D eigenvalue weighted by Crippen LogP contribution is 2.26. The summed E-state index contributed by atoms with van der Waals surface area (Å²) >= 11 is 12.0. The van der Waals surface area contributed by atoms with Crippen molar-refractivity contribution in [2.75, 3.05) is 6.54 Å². The second-order valence-electron chi connectivity index (χ2n) is 4.63. The third-order valence-corrected chi connectivity index (χ3v) is 4.20. The Balaban J connectivity index is 2.67. The summed E-state index contributed by atoms with van der Waals surface area (Å²) in [7, 11) is 0. The van der Waals surface area contributed by atoms with Gasteiger partial charge in [-0.1, -0.05) is 37.0 Å². The van der Waals surface area contributed by atoms with Gasteiger partial charge in [-0.2, -0.15) is 0 Å². The van der Waals surface area contributed by atoms with E-state index in [1.165, 1.54) is 0 Å². The van der Waals surface area contributed by atoms with E-state index in [9.17, 15) is 9.90 Å². The fourth-order valence-corrected chi connectivity index (χ4v) is 2.37. The molecule has 0 atom stereocenters. The van der Waals surface area contributed by atoms with Crippen molar-refractivity contribution < 1.29 is 9.90 Å². The maximum atomic E-state index is 11.4. The van der Waals surface area contributed by atoms with Gasteiger partial charge in [-0.3, -0.25) is 4.79 Å². The van der Waals surface area contributed by atoms with E-state index in [1.807, 2.05) is 13.8 Å². The maximum absolute atomic E-state index is 11.4. The van der Waals surface area contributed by atoms with Gasteiger partial charge < -0.3 is 10.4 Å². The maximum Gasteiger partial charge on any atom is 0.310 e. The van der Waals surface area contributed by atoms with Crippen molar-refractivity contribution in [2.24, 2.45) is 5.41 Å². The molecule has 106 valence electrons. The first kappa shape index (κ1) is 16.3. The van der Waals surface area contributed by atoms with Crippen molar-refractivity contribution in [2.45, 2.75) is 33.2 Å². The first-order valence-corrected chi connectivity index (χ1v) is 7.09. The summed E-state index contributed by atoms with van der Waals surface area (Å²) in [4.78, 5) is 11.4. The quantitative estimate of drug-likeness (QED) is 0.801. The molecule has 0 radical (unpaired) electrons. The number of benzene rings is 1. The van der Waals surface area contributed by atoms with E-state index in [2.05, 4.69) is 5.32 Å². The van der Waals surface area contributed by atoms with E-state index < -0.39 is 11.4 Å². The predicted molar refractivity (Wildman–Crippen MR) is 78.8 cm³/mol. The Morgan fingerprint density at radius 1 is 1.32 bits per heavy atom. The number of nitrogens with one attached hydrogen (secondary N) is 1. The molecule has 0 fully saturated rings. The van der Waals surface area contributed by atoms with Gasteiger partial charge >= 0.3 is 5.97 Å². The molecule has 1 rings (SSSR count). The molecule has 0 unspecified atom stereocenters.